The average Bonchev–Trinajstić information content (AvgIpc) is 3.27. The Hall–Kier alpha value is -3.11. The molecule has 2 heterocycles. The number of nitrogens with one attached hydrogen (secondary N) is 1. The summed E-state index contributed by atoms with van der Waals surface area (Å²) in [6.07, 6.45) is 2.81. The molecule has 1 aliphatic rings. The van der Waals surface area contributed by atoms with Crippen molar-refractivity contribution < 1.29 is 13.2 Å². The number of hydrogen-bond acceptors (Lipinski definition) is 6. The second kappa shape index (κ2) is 8.72. The second-order valence-corrected chi connectivity index (χ2v) is 8.95. The first kappa shape index (κ1) is 20.2. The third-order valence-corrected chi connectivity index (χ3v) is 6.92. The maximum Gasteiger partial charge on any atom is 0.251 e. The molecule has 0 unspecified atom stereocenters. The van der Waals surface area contributed by atoms with E-state index in [4.69, 9.17) is 0 Å². The number of benzene rings is 2. The highest BCUT2D eigenvalue weighted by molar-refractivity contribution is 7.89. The lowest BCUT2D eigenvalue weighted by atomic mass is 10.2. The summed E-state index contributed by atoms with van der Waals surface area (Å²) in [7, 11) is -3.52. The van der Waals surface area contributed by atoms with Crippen LogP contribution in [-0.4, -0.2) is 51.9 Å². The topological polar surface area (TPSA) is 110 Å². The fourth-order valence-corrected chi connectivity index (χ4v) is 4.90. The monoisotopic (exact) mass is 426 g/mol. The van der Waals surface area contributed by atoms with Crippen molar-refractivity contribution in [3.05, 3.63) is 66.0 Å². The minimum atomic E-state index is -3.52. The summed E-state index contributed by atoms with van der Waals surface area (Å²) in [6, 6.07) is 15.4. The Labute approximate surface area is 174 Å². The minimum Gasteiger partial charge on any atom is -0.345 e. The van der Waals surface area contributed by atoms with Gasteiger partial charge in [-0.2, -0.15) is 8.99 Å². The number of tetrazole rings is 1. The van der Waals surface area contributed by atoms with Crippen LogP contribution in [0.2, 0.25) is 0 Å². The molecule has 4 rings (SSSR count). The van der Waals surface area contributed by atoms with Crippen LogP contribution in [0.1, 0.15) is 35.4 Å². The Balaban J connectivity index is 1.42. The zero-order valence-corrected chi connectivity index (χ0v) is 17.1. The molecule has 0 spiro atoms. The lowest BCUT2D eigenvalue weighted by molar-refractivity contribution is 0.0949. The van der Waals surface area contributed by atoms with Gasteiger partial charge in [0, 0.05) is 18.7 Å². The summed E-state index contributed by atoms with van der Waals surface area (Å²) in [5, 5.41) is 14.4. The number of amides is 1. The van der Waals surface area contributed by atoms with Crippen molar-refractivity contribution in [1.29, 1.82) is 0 Å². The molecule has 1 aliphatic heterocycles. The SMILES string of the molecule is O=C(NCc1nnnn1-c1ccccc1)c1ccc(S(=O)(=O)N2CCCCC2)cc1. The molecule has 1 fully saturated rings. The number of para-hydroxylation sites is 1. The van der Waals surface area contributed by atoms with Crippen LogP contribution in [0.3, 0.4) is 0 Å². The van der Waals surface area contributed by atoms with Crippen LogP contribution < -0.4 is 5.32 Å². The first-order valence-electron chi connectivity index (χ1n) is 9.77. The van der Waals surface area contributed by atoms with Gasteiger partial charge in [-0.1, -0.05) is 24.6 Å². The number of carbonyl (C=O) groups excluding carboxylic acids is 1. The molecule has 30 heavy (non-hydrogen) atoms. The molecule has 156 valence electrons. The first-order valence-corrected chi connectivity index (χ1v) is 11.2. The van der Waals surface area contributed by atoms with Gasteiger partial charge in [-0.15, -0.1) is 5.10 Å². The third-order valence-electron chi connectivity index (χ3n) is 5.01. The fourth-order valence-electron chi connectivity index (χ4n) is 3.38. The number of sulfonamides is 1. The van der Waals surface area contributed by atoms with Crippen LogP contribution in [0.15, 0.2) is 59.5 Å². The van der Waals surface area contributed by atoms with Gasteiger partial charge in [0.15, 0.2) is 5.82 Å². The predicted octanol–water partition coefficient (Wildman–Crippen LogP) is 1.77. The quantitative estimate of drug-likeness (QED) is 0.643. The normalized spacial score (nSPS) is 15.1. The molecule has 1 N–H and O–H groups in total. The second-order valence-electron chi connectivity index (χ2n) is 7.01. The van der Waals surface area contributed by atoms with E-state index in [9.17, 15) is 13.2 Å². The predicted molar refractivity (Wildman–Crippen MR) is 109 cm³/mol. The molecule has 10 heteroatoms. The highest BCUT2D eigenvalue weighted by Crippen LogP contribution is 2.21. The summed E-state index contributed by atoms with van der Waals surface area (Å²) in [6.45, 7) is 1.22. The summed E-state index contributed by atoms with van der Waals surface area (Å²) >= 11 is 0. The number of piperidine rings is 1. The molecule has 9 nitrogen and oxygen atoms in total. The molecular weight excluding hydrogens is 404 g/mol. The van der Waals surface area contributed by atoms with Crippen LogP contribution in [-0.2, 0) is 16.6 Å². The van der Waals surface area contributed by atoms with Gasteiger partial charge in [-0.05, 0) is 59.7 Å². The number of hydrogen-bond donors (Lipinski definition) is 1. The van der Waals surface area contributed by atoms with Crippen LogP contribution in [0.5, 0.6) is 0 Å². The molecule has 0 saturated carbocycles. The van der Waals surface area contributed by atoms with Crippen molar-refractivity contribution in [2.45, 2.75) is 30.7 Å². The Morgan fingerprint density at radius 1 is 0.967 bits per heavy atom. The van der Waals surface area contributed by atoms with Crippen LogP contribution >= 0.6 is 0 Å². The maximum atomic E-state index is 12.7. The third kappa shape index (κ3) is 4.24. The van der Waals surface area contributed by atoms with E-state index in [1.54, 1.807) is 4.68 Å². The van der Waals surface area contributed by atoms with Gasteiger partial charge in [0.25, 0.3) is 5.91 Å². The minimum absolute atomic E-state index is 0.133. The van der Waals surface area contributed by atoms with E-state index in [2.05, 4.69) is 20.8 Å². The fraction of sp³-hybridized carbons (Fsp3) is 0.300. The summed E-state index contributed by atoms with van der Waals surface area (Å²) < 4.78 is 28.5. The smallest absolute Gasteiger partial charge is 0.251 e. The van der Waals surface area contributed by atoms with Gasteiger partial charge < -0.3 is 5.32 Å². The van der Waals surface area contributed by atoms with E-state index in [-0.39, 0.29) is 17.3 Å². The van der Waals surface area contributed by atoms with E-state index >= 15 is 0 Å². The van der Waals surface area contributed by atoms with Gasteiger partial charge in [0.2, 0.25) is 10.0 Å². The van der Waals surface area contributed by atoms with Crippen LogP contribution in [0, 0.1) is 0 Å². The van der Waals surface area contributed by atoms with Gasteiger partial charge in [-0.25, -0.2) is 8.42 Å². The molecule has 0 bridgehead atoms. The lowest BCUT2D eigenvalue weighted by Gasteiger charge is -2.25. The highest BCUT2D eigenvalue weighted by Gasteiger charge is 2.26. The molecule has 0 atom stereocenters. The lowest BCUT2D eigenvalue weighted by Crippen LogP contribution is -2.35. The Morgan fingerprint density at radius 2 is 1.67 bits per heavy atom. The molecule has 3 aromatic rings. The first-order chi connectivity index (χ1) is 14.6. The van der Waals surface area contributed by atoms with Crippen molar-refractivity contribution in [2.24, 2.45) is 0 Å². The zero-order valence-electron chi connectivity index (χ0n) is 16.3. The van der Waals surface area contributed by atoms with E-state index in [0.29, 0.717) is 24.5 Å². The van der Waals surface area contributed by atoms with Crippen molar-refractivity contribution >= 4 is 15.9 Å². The molecule has 0 aliphatic carbocycles. The van der Waals surface area contributed by atoms with E-state index in [1.807, 2.05) is 30.3 Å². The zero-order chi connectivity index (χ0) is 21.0. The molecule has 1 saturated heterocycles. The van der Waals surface area contributed by atoms with Crippen molar-refractivity contribution in [2.75, 3.05) is 13.1 Å². The molecule has 2 aromatic carbocycles. The van der Waals surface area contributed by atoms with Gasteiger partial charge in [0.1, 0.15) is 0 Å². The Bertz CT molecular complexity index is 1110. The van der Waals surface area contributed by atoms with Gasteiger partial charge in [-0.3, -0.25) is 4.79 Å². The largest absolute Gasteiger partial charge is 0.345 e. The summed E-state index contributed by atoms with van der Waals surface area (Å²) in [5.74, 6) is 0.151. The van der Waals surface area contributed by atoms with Gasteiger partial charge in [0.05, 0.1) is 17.1 Å². The van der Waals surface area contributed by atoms with Crippen LogP contribution in [0.25, 0.3) is 5.69 Å². The van der Waals surface area contributed by atoms with Crippen molar-refractivity contribution in [3.8, 4) is 5.69 Å². The maximum absolute atomic E-state index is 12.7. The highest BCUT2D eigenvalue weighted by atomic mass is 32.2. The van der Waals surface area contributed by atoms with E-state index in [1.165, 1.54) is 28.6 Å². The Kier molecular flexibility index (Phi) is 5.86. The van der Waals surface area contributed by atoms with E-state index in [0.717, 1.165) is 24.9 Å². The number of nitrogens with zero attached hydrogens (tertiary/aromatic N) is 5. The van der Waals surface area contributed by atoms with Gasteiger partial charge >= 0.3 is 0 Å². The molecule has 0 radical (unpaired) electrons. The standard InChI is InChI=1S/C20H22N6O3S/c27-20(21-15-19-22-23-24-26(19)17-7-3-1-4-8-17)16-9-11-18(12-10-16)30(28,29)25-13-5-2-6-14-25/h1,3-4,7-12H,2,5-6,13-15H2,(H,21,27). The Morgan fingerprint density at radius 3 is 2.37 bits per heavy atom. The number of aromatic nitrogens is 4. The van der Waals surface area contributed by atoms with Crippen molar-refractivity contribution in [3.63, 3.8) is 0 Å². The number of carbonyl (C=O) groups is 1. The van der Waals surface area contributed by atoms with Crippen LogP contribution in [0.4, 0.5) is 0 Å². The van der Waals surface area contributed by atoms with E-state index < -0.39 is 10.0 Å². The summed E-state index contributed by atoms with van der Waals surface area (Å²) in [5.41, 5.74) is 1.16. The molecular formula is C20H22N6O3S. The number of rotatable bonds is 6. The van der Waals surface area contributed by atoms with Crippen molar-refractivity contribution in [1.82, 2.24) is 29.8 Å². The molecule has 1 aromatic heterocycles. The summed E-state index contributed by atoms with van der Waals surface area (Å²) in [4.78, 5) is 12.7. The average molecular weight is 427 g/mol. The molecule has 1 amide bonds.